The van der Waals surface area contributed by atoms with Crippen LogP contribution in [-0.4, -0.2) is 50.3 Å². The molecule has 0 saturated heterocycles. The summed E-state index contributed by atoms with van der Waals surface area (Å²) in [6.45, 7) is 4.04. The standard InChI is InChI=1S/C21H29N3O3.HI/c1-5-27-18-9-6-16(7-10-18)15-24(3)21(22-2)23-13-12-17-8-11-19(26-4)14-20(17)25;/h6-11,14,25H,5,12-13,15H2,1-4H3,(H,22,23);1H. The quantitative estimate of drug-likeness (QED) is 0.330. The Balaban J connectivity index is 0.00000392. The molecule has 0 fully saturated rings. The predicted octanol–water partition coefficient (Wildman–Crippen LogP) is 3.67. The van der Waals surface area contributed by atoms with Gasteiger partial charge in [-0.05, 0) is 42.7 Å². The molecule has 154 valence electrons. The molecule has 6 nitrogen and oxygen atoms in total. The normalized spacial score (nSPS) is 10.8. The molecule has 7 heteroatoms. The number of benzene rings is 2. The number of guanidine groups is 1. The van der Waals surface area contributed by atoms with Crippen molar-refractivity contribution in [3.63, 3.8) is 0 Å². The van der Waals surface area contributed by atoms with Gasteiger partial charge in [0.2, 0.25) is 0 Å². The molecule has 0 radical (unpaired) electrons. The highest BCUT2D eigenvalue weighted by Crippen LogP contribution is 2.23. The number of hydrogen-bond acceptors (Lipinski definition) is 4. The zero-order chi connectivity index (χ0) is 19.6. The molecule has 0 atom stereocenters. The predicted molar refractivity (Wildman–Crippen MR) is 124 cm³/mol. The molecule has 0 aliphatic heterocycles. The van der Waals surface area contributed by atoms with Crippen molar-refractivity contribution in [2.24, 2.45) is 4.99 Å². The third-order valence-corrected chi connectivity index (χ3v) is 4.20. The Morgan fingerprint density at radius 2 is 1.82 bits per heavy atom. The average molecular weight is 499 g/mol. The number of nitrogens with zero attached hydrogens (tertiary/aromatic N) is 2. The van der Waals surface area contributed by atoms with Gasteiger partial charge in [-0.3, -0.25) is 4.99 Å². The lowest BCUT2D eigenvalue weighted by Crippen LogP contribution is -2.39. The number of nitrogens with one attached hydrogen (secondary N) is 1. The summed E-state index contributed by atoms with van der Waals surface area (Å²) < 4.78 is 10.6. The van der Waals surface area contributed by atoms with Crippen LogP contribution in [0.4, 0.5) is 0 Å². The lowest BCUT2D eigenvalue weighted by molar-refractivity contribution is 0.340. The van der Waals surface area contributed by atoms with E-state index in [4.69, 9.17) is 9.47 Å². The topological polar surface area (TPSA) is 66.3 Å². The Kier molecular flexibility index (Phi) is 10.5. The molecular formula is C21H30IN3O3. The smallest absolute Gasteiger partial charge is 0.193 e. The van der Waals surface area contributed by atoms with E-state index in [1.54, 1.807) is 20.2 Å². The van der Waals surface area contributed by atoms with Crippen LogP contribution in [-0.2, 0) is 13.0 Å². The van der Waals surface area contributed by atoms with Gasteiger partial charge in [0.05, 0.1) is 13.7 Å². The second kappa shape index (κ2) is 12.3. The summed E-state index contributed by atoms with van der Waals surface area (Å²) in [6, 6.07) is 13.4. The number of aliphatic imine (C=N–C) groups is 1. The number of halogens is 1. The van der Waals surface area contributed by atoms with Crippen molar-refractivity contribution in [3.05, 3.63) is 53.6 Å². The van der Waals surface area contributed by atoms with Crippen molar-refractivity contribution in [2.45, 2.75) is 19.9 Å². The van der Waals surface area contributed by atoms with Crippen LogP contribution in [0.2, 0.25) is 0 Å². The third-order valence-electron chi connectivity index (χ3n) is 4.20. The van der Waals surface area contributed by atoms with E-state index in [2.05, 4.69) is 27.3 Å². The average Bonchev–Trinajstić information content (AvgIpc) is 2.68. The first-order chi connectivity index (χ1) is 13.1. The Labute approximate surface area is 184 Å². The number of hydrogen-bond donors (Lipinski definition) is 2. The maximum Gasteiger partial charge on any atom is 0.193 e. The van der Waals surface area contributed by atoms with Gasteiger partial charge < -0.3 is 24.8 Å². The van der Waals surface area contributed by atoms with Gasteiger partial charge in [0.15, 0.2) is 5.96 Å². The monoisotopic (exact) mass is 499 g/mol. The van der Waals surface area contributed by atoms with Crippen LogP contribution < -0.4 is 14.8 Å². The van der Waals surface area contributed by atoms with Crippen LogP contribution in [0, 0.1) is 0 Å². The second-order valence-corrected chi connectivity index (χ2v) is 6.15. The Hall–Kier alpha value is -2.16. The molecule has 0 aromatic heterocycles. The number of aromatic hydroxyl groups is 1. The summed E-state index contributed by atoms with van der Waals surface area (Å²) in [6.07, 6.45) is 0.686. The van der Waals surface area contributed by atoms with Gasteiger partial charge in [-0.2, -0.15) is 0 Å². The van der Waals surface area contributed by atoms with Crippen molar-refractivity contribution in [1.82, 2.24) is 10.2 Å². The molecule has 0 unspecified atom stereocenters. The number of phenols is 1. The minimum Gasteiger partial charge on any atom is -0.508 e. The number of methoxy groups -OCH3 is 1. The van der Waals surface area contributed by atoms with Gasteiger partial charge in [0, 0.05) is 33.3 Å². The molecule has 2 N–H and O–H groups in total. The first kappa shape index (κ1) is 23.9. The lowest BCUT2D eigenvalue weighted by Gasteiger charge is -2.22. The van der Waals surface area contributed by atoms with E-state index in [1.165, 1.54) is 5.56 Å². The van der Waals surface area contributed by atoms with Crippen LogP contribution in [0.3, 0.4) is 0 Å². The van der Waals surface area contributed by atoms with E-state index >= 15 is 0 Å². The van der Waals surface area contributed by atoms with Gasteiger partial charge in [-0.25, -0.2) is 0 Å². The van der Waals surface area contributed by atoms with E-state index in [0.717, 1.165) is 23.8 Å². The molecule has 0 amide bonds. The molecule has 0 aliphatic carbocycles. The SMILES string of the molecule is CCOc1ccc(CN(C)C(=NC)NCCc2ccc(OC)cc2O)cc1.I. The largest absolute Gasteiger partial charge is 0.508 e. The van der Waals surface area contributed by atoms with Crippen LogP contribution in [0.1, 0.15) is 18.1 Å². The fourth-order valence-corrected chi connectivity index (χ4v) is 2.78. The molecular weight excluding hydrogens is 469 g/mol. The van der Waals surface area contributed by atoms with Gasteiger partial charge >= 0.3 is 0 Å². The van der Waals surface area contributed by atoms with E-state index < -0.39 is 0 Å². The van der Waals surface area contributed by atoms with Crippen molar-refractivity contribution in [2.75, 3.05) is 34.4 Å². The van der Waals surface area contributed by atoms with Crippen LogP contribution in [0.15, 0.2) is 47.5 Å². The van der Waals surface area contributed by atoms with E-state index in [0.29, 0.717) is 25.3 Å². The zero-order valence-corrected chi connectivity index (χ0v) is 19.3. The summed E-state index contributed by atoms with van der Waals surface area (Å²) in [4.78, 5) is 6.40. The molecule has 0 bridgehead atoms. The number of ether oxygens (including phenoxy) is 2. The minimum atomic E-state index is 0. The first-order valence-corrected chi connectivity index (χ1v) is 9.06. The highest BCUT2D eigenvalue weighted by molar-refractivity contribution is 14.0. The molecule has 0 spiro atoms. The Bertz CT molecular complexity index is 751. The molecule has 0 heterocycles. The summed E-state index contributed by atoms with van der Waals surface area (Å²) in [7, 11) is 5.35. The molecule has 2 aromatic rings. The fraction of sp³-hybridized carbons (Fsp3) is 0.381. The van der Waals surface area contributed by atoms with Crippen molar-refractivity contribution < 1.29 is 14.6 Å². The minimum absolute atomic E-state index is 0. The zero-order valence-electron chi connectivity index (χ0n) is 16.9. The number of phenolic OH excluding ortho intramolecular Hbond substituents is 1. The van der Waals surface area contributed by atoms with E-state index in [1.807, 2.05) is 38.2 Å². The van der Waals surface area contributed by atoms with Crippen LogP contribution in [0.5, 0.6) is 17.2 Å². The van der Waals surface area contributed by atoms with Crippen molar-refractivity contribution in [1.29, 1.82) is 0 Å². The molecule has 2 rings (SSSR count). The highest BCUT2D eigenvalue weighted by atomic mass is 127. The maximum absolute atomic E-state index is 10.1. The van der Waals surface area contributed by atoms with Crippen LogP contribution in [0.25, 0.3) is 0 Å². The third kappa shape index (κ3) is 7.10. The Morgan fingerprint density at radius 3 is 2.39 bits per heavy atom. The maximum atomic E-state index is 10.1. The lowest BCUT2D eigenvalue weighted by atomic mass is 10.1. The highest BCUT2D eigenvalue weighted by Gasteiger charge is 2.08. The van der Waals surface area contributed by atoms with E-state index in [-0.39, 0.29) is 29.7 Å². The van der Waals surface area contributed by atoms with Gasteiger partial charge in [0.1, 0.15) is 17.2 Å². The fourth-order valence-electron chi connectivity index (χ4n) is 2.78. The van der Waals surface area contributed by atoms with Gasteiger partial charge in [-0.1, -0.05) is 18.2 Å². The summed E-state index contributed by atoms with van der Waals surface area (Å²) >= 11 is 0. The summed E-state index contributed by atoms with van der Waals surface area (Å²) in [5.74, 6) is 2.58. The molecule has 0 saturated carbocycles. The van der Waals surface area contributed by atoms with Crippen molar-refractivity contribution in [3.8, 4) is 17.2 Å². The van der Waals surface area contributed by atoms with Gasteiger partial charge in [-0.15, -0.1) is 24.0 Å². The molecule has 2 aromatic carbocycles. The summed E-state index contributed by atoms with van der Waals surface area (Å²) in [5, 5.41) is 13.4. The van der Waals surface area contributed by atoms with Crippen LogP contribution >= 0.6 is 24.0 Å². The number of rotatable bonds is 8. The van der Waals surface area contributed by atoms with Gasteiger partial charge in [0.25, 0.3) is 0 Å². The first-order valence-electron chi connectivity index (χ1n) is 9.06. The molecule has 28 heavy (non-hydrogen) atoms. The molecule has 0 aliphatic rings. The van der Waals surface area contributed by atoms with E-state index in [9.17, 15) is 5.11 Å². The second-order valence-electron chi connectivity index (χ2n) is 6.15. The summed E-state index contributed by atoms with van der Waals surface area (Å²) in [5.41, 5.74) is 2.05. The Morgan fingerprint density at radius 1 is 1.14 bits per heavy atom. The van der Waals surface area contributed by atoms with Crippen molar-refractivity contribution >= 4 is 29.9 Å².